The molecule has 1 heterocycles. The Balaban J connectivity index is 2.69. The van der Waals surface area contributed by atoms with Gasteiger partial charge in [-0.25, -0.2) is 9.78 Å². The van der Waals surface area contributed by atoms with E-state index in [1.807, 2.05) is 6.92 Å². The van der Waals surface area contributed by atoms with Crippen molar-refractivity contribution in [1.82, 2.24) is 4.98 Å². The molecule has 2 N–H and O–H groups in total. The van der Waals surface area contributed by atoms with Crippen molar-refractivity contribution in [2.24, 2.45) is 11.3 Å². The summed E-state index contributed by atoms with van der Waals surface area (Å²) in [5.41, 5.74) is 0.552. The van der Waals surface area contributed by atoms with Crippen LogP contribution in [0.15, 0.2) is 24.3 Å². The van der Waals surface area contributed by atoms with Crippen molar-refractivity contribution >= 4 is 23.8 Å². The van der Waals surface area contributed by atoms with Gasteiger partial charge in [0.15, 0.2) is 0 Å². The number of carbonyl (C=O) groups excluding carboxylic acids is 1. The van der Waals surface area contributed by atoms with E-state index >= 15 is 0 Å². The van der Waals surface area contributed by atoms with Crippen molar-refractivity contribution in [2.45, 2.75) is 34.1 Å². The minimum atomic E-state index is -1.04. The first-order valence-electron chi connectivity index (χ1n) is 6.86. The van der Waals surface area contributed by atoms with Gasteiger partial charge in [-0.15, -0.1) is 0 Å². The second kappa shape index (κ2) is 7.02. The number of anilines is 1. The van der Waals surface area contributed by atoms with Crippen molar-refractivity contribution in [3.8, 4) is 0 Å². The highest BCUT2D eigenvalue weighted by Crippen LogP contribution is 2.28. The molecule has 0 saturated heterocycles. The van der Waals surface area contributed by atoms with Crippen LogP contribution in [0.25, 0.3) is 6.08 Å². The number of aliphatic carboxylic acids is 1. The molecule has 0 saturated carbocycles. The van der Waals surface area contributed by atoms with Crippen LogP contribution >= 0.6 is 0 Å². The Morgan fingerprint density at radius 3 is 2.62 bits per heavy atom. The summed E-state index contributed by atoms with van der Waals surface area (Å²) in [6, 6.07) is 5.07. The van der Waals surface area contributed by atoms with Gasteiger partial charge in [0, 0.05) is 12.5 Å². The van der Waals surface area contributed by atoms with E-state index < -0.39 is 5.97 Å². The van der Waals surface area contributed by atoms with Gasteiger partial charge >= 0.3 is 5.97 Å². The standard InChI is InChI=1S/C16H22N2O3/c1-11(16(2,3)4)10-14(19)18-13-7-5-6-12(17-13)8-9-15(20)21/h5-9,11H,10H2,1-4H3,(H,20,21)(H,17,18,19). The molecule has 1 rings (SSSR count). The van der Waals surface area contributed by atoms with Crippen molar-refractivity contribution in [3.05, 3.63) is 30.0 Å². The maximum absolute atomic E-state index is 12.0. The molecular formula is C16H22N2O3. The molecule has 5 nitrogen and oxygen atoms in total. The average molecular weight is 290 g/mol. The summed E-state index contributed by atoms with van der Waals surface area (Å²) in [5, 5.41) is 11.3. The number of hydrogen-bond donors (Lipinski definition) is 2. The molecule has 1 atom stereocenters. The van der Waals surface area contributed by atoms with Gasteiger partial charge in [0.1, 0.15) is 5.82 Å². The minimum Gasteiger partial charge on any atom is -0.478 e. The van der Waals surface area contributed by atoms with E-state index in [9.17, 15) is 9.59 Å². The molecule has 1 aromatic heterocycles. The van der Waals surface area contributed by atoms with E-state index in [1.54, 1.807) is 18.2 Å². The molecule has 0 aromatic carbocycles. The minimum absolute atomic E-state index is 0.0663. The van der Waals surface area contributed by atoms with Gasteiger partial charge in [0.2, 0.25) is 5.91 Å². The molecular weight excluding hydrogens is 268 g/mol. The van der Waals surface area contributed by atoms with Crippen LogP contribution < -0.4 is 5.32 Å². The largest absolute Gasteiger partial charge is 0.478 e. The predicted octanol–water partition coefficient (Wildman–Crippen LogP) is 3.19. The summed E-state index contributed by atoms with van der Waals surface area (Å²) >= 11 is 0. The topological polar surface area (TPSA) is 79.3 Å². The smallest absolute Gasteiger partial charge is 0.328 e. The number of nitrogens with zero attached hydrogens (tertiary/aromatic N) is 1. The first-order chi connectivity index (χ1) is 9.68. The summed E-state index contributed by atoms with van der Waals surface area (Å²) in [5.74, 6) is -0.462. The molecule has 114 valence electrons. The van der Waals surface area contributed by atoms with Crippen LogP contribution in [0.4, 0.5) is 5.82 Å². The number of rotatable bonds is 5. The molecule has 5 heteroatoms. The monoisotopic (exact) mass is 290 g/mol. The molecule has 0 spiro atoms. The third-order valence-corrected chi connectivity index (χ3v) is 3.40. The highest BCUT2D eigenvalue weighted by molar-refractivity contribution is 5.90. The highest BCUT2D eigenvalue weighted by Gasteiger charge is 2.22. The predicted molar refractivity (Wildman–Crippen MR) is 82.8 cm³/mol. The Hall–Kier alpha value is -2.17. The Bertz CT molecular complexity index is 545. The highest BCUT2D eigenvalue weighted by atomic mass is 16.4. The molecule has 0 fully saturated rings. The second-order valence-corrected chi connectivity index (χ2v) is 6.14. The van der Waals surface area contributed by atoms with Crippen LogP contribution in [0.5, 0.6) is 0 Å². The summed E-state index contributed by atoms with van der Waals surface area (Å²) in [4.78, 5) is 26.6. The fourth-order valence-electron chi connectivity index (χ4n) is 1.55. The lowest BCUT2D eigenvalue weighted by Crippen LogP contribution is -2.24. The lowest BCUT2D eigenvalue weighted by atomic mass is 9.80. The van der Waals surface area contributed by atoms with E-state index in [4.69, 9.17) is 5.11 Å². The van der Waals surface area contributed by atoms with Crippen LogP contribution in [0.3, 0.4) is 0 Å². The fourth-order valence-corrected chi connectivity index (χ4v) is 1.55. The zero-order valence-corrected chi connectivity index (χ0v) is 12.9. The number of aromatic nitrogens is 1. The number of carboxylic acid groups (broad SMARTS) is 1. The van der Waals surface area contributed by atoms with Gasteiger partial charge in [0.05, 0.1) is 5.69 Å². The maximum atomic E-state index is 12.0. The van der Waals surface area contributed by atoms with Crippen LogP contribution in [0.1, 0.15) is 39.8 Å². The Morgan fingerprint density at radius 2 is 2.05 bits per heavy atom. The molecule has 1 amide bonds. The summed E-state index contributed by atoms with van der Waals surface area (Å²) in [7, 11) is 0. The van der Waals surface area contributed by atoms with E-state index in [2.05, 4.69) is 31.1 Å². The SMILES string of the molecule is CC(CC(=O)Nc1cccc(C=CC(=O)O)n1)C(C)(C)C. The maximum Gasteiger partial charge on any atom is 0.328 e. The normalized spacial score (nSPS) is 13.1. The van der Waals surface area contributed by atoms with E-state index in [0.29, 0.717) is 17.9 Å². The van der Waals surface area contributed by atoms with E-state index in [0.717, 1.165) is 6.08 Å². The Labute approximate surface area is 125 Å². The molecule has 1 unspecified atom stereocenters. The molecule has 0 aliphatic heterocycles. The third kappa shape index (κ3) is 6.21. The summed E-state index contributed by atoms with van der Waals surface area (Å²) in [6.07, 6.45) is 2.81. The van der Waals surface area contributed by atoms with Crippen molar-refractivity contribution in [2.75, 3.05) is 5.32 Å². The van der Waals surface area contributed by atoms with Crippen molar-refractivity contribution in [1.29, 1.82) is 0 Å². The quantitative estimate of drug-likeness (QED) is 0.816. The Kier molecular flexibility index (Phi) is 5.64. The number of carboxylic acids is 1. The molecule has 0 bridgehead atoms. The lowest BCUT2D eigenvalue weighted by molar-refractivity contribution is -0.131. The number of carbonyl (C=O) groups is 2. The van der Waals surface area contributed by atoms with Gasteiger partial charge in [0.25, 0.3) is 0 Å². The van der Waals surface area contributed by atoms with Crippen molar-refractivity contribution in [3.63, 3.8) is 0 Å². The molecule has 0 radical (unpaired) electrons. The van der Waals surface area contributed by atoms with Crippen LogP contribution in [-0.4, -0.2) is 22.0 Å². The average Bonchev–Trinajstić information content (AvgIpc) is 2.35. The van der Waals surface area contributed by atoms with Crippen LogP contribution in [-0.2, 0) is 9.59 Å². The fraction of sp³-hybridized carbons (Fsp3) is 0.438. The third-order valence-electron chi connectivity index (χ3n) is 3.40. The number of amides is 1. The lowest BCUT2D eigenvalue weighted by Gasteiger charge is -2.26. The zero-order valence-electron chi connectivity index (χ0n) is 12.9. The zero-order chi connectivity index (χ0) is 16.0. The van der Waals surface area contributed by atoms with Gasteiger partial charge in [-0.3, -0.25) is 4.79 Å². The summed E-state index contributed by atoms with van der Waals surface area (Å²) < 4.78 is 0. The van der Waals surface area contributed by atoms with E-state index in [1.165, 1.54) is 6.08 Å². The van der Waals surface area contributed by atoms with Crippen LogP contribution in [0.2, 0.25) is 0 Å². The first kappa shape index (κ1) is 16.9. The molecule has 21 heavy (non-hydrogen) atoms. The van der Waals surface area contributed by atoms with Crippen LogP contribution in [0, 0.1) is 11.3 Å². The van der Waals surface area contributed by atoms with Gasteiger partial charge in [-0.2, -0.15) is 0 Å². The first-order valence-corrected chi connectivity index (χ1v) is 6.86. The second-order valence-electron chi connectivity index (χ2n) is 6.14. The van der Waals surface area contributed by atoms with Crippen molar-refractivity contribution < 1.29 is 14.7 Å². The molecule has 0 aliphatic carbocycles. The van der Waals surface area contributed by atoms with Gasteiger partial charge in [-0.1, -0.05) is 33.8 Å². The number of nitrogens with one attached hydrogen (secondary N) is 1. The molecule has 0 aliphatic rings. The number of hydrogen-bond acceptors (Lipinski definition) is 3. The number of pyridine rings is 1. The summed E-state index contributed by atoms with van der Waals surface area (Å²) in [6.45, 7) is 8.33. The van der Waals surface area contributed by atoms with Gasteiger partial charge in [-0.05, 0) is 29.5 Å². The van der Waals surface area contributed by atoms with E-state index in [-0.39, 0.29) is 17.2 Å². The van der Waals surface area contributed by atoms with Gasteiger partial charge < -0.3 is 10.4 Å². The molecule has 1 aromatic rings. The Morgan fingerprint density at radius 1 is 1.38 bits per heavy atom.